The average molecular weight is 455 g/mol. The Morgan fingerprint density at radius 1 is 0.600 bits per heavy atom. The summed E-state index contributed by atoms with van der Waals surface area (Å²) in [4.78, 5) is 11.7. The van der Waals surface area contributed by atoms with Gasteiger partial charge in [0.1, 0.15) is 0 Å². The van der Waals surface area contributed by atoms with Crippen LogP contribution in [0.15, 0.2) is 60.7 Å². The van der Waals surface area contributed by atoms with Crippen molar-refractivity contribution in [2.45, 2.75) is 11.5 Å². The van der Waals surface area contributed by atoms with Gasteiger partial charge in [-0.2, -0.15) is 0 Å². The van der Waals surface area contributed by atoms with Crippen LogP contribution in [0, 0.1) is 0 Å². The van der Waals surface area contributed by atoms with Gasteiger partial charge >= 0.3 is 6.03 Å². The van der Waals surface area contributed by atoms with Gasteiger partial charge in [-0.15, -0.1) is 0 Å². The average Bonchev–Trinajstić information content (AvgIpc) is 2.69. The molecule has 2 aromatic rings. The maximum atomic E-state index is 12.0. The van der Waals surface area contributed by atoms with E-state index in [9.17, 15) is 21.6 Å². The number of urea groups is 1. The fourth-order valence-corrected chi connectivity index (χ4v) is 4.81. The number of rotatable bonds is 12. The molecule has 2 amide bonds. The smallest absolute Gasteiger partial charge is 0.314 e. The van der Waals surface area contributed by atoms with E-state index in [2.05, 4.69) is 20.1 Å². The molecule has 0 atom stereocenters. The van der Waals surface area contributed by atoms with Gasteiger partial charge in [0, 0.05) is 26.2 Å². The van der Waals surface area contributed by atoms with Crippen molar-refractivity contribution in [3.8, 4) is 0 Å². The Bertz CT molecular complexity index is 916. The zero-order valence-corrected chi connectivity index (χ0v) is 18.0. The molecular formula is C19H26N4O5S2. The Morgan fingerprint density at radius 3 is 1.33 bits per heavy atom. The molecule has 0 unspecified atom stereocenters. The SMILES string of the molecule is O=C(NCCNS(=O)(=O)Cc1ccccc1)NCCNS(=O)(=O)Cc1ccccc1. The summed E-state index contributed by atoms with van der Waals surface area (Å²) in [6.07, 6.45) is 0. The van der Waals surface area contributed by atoms with Crippen LogP contribution in [0.1, 0.15) is 11.1 Å². The van der Waals surface area contributed by atoms with Crippen molar-refractivity contribution < 1.29 is 21.6 Å². The van der Waals surface area contributed by atoms with Crippen LogP contribution in [0.3, 0.4) is 0 Å². The first kappa shape index (κ1) is 23.8. The minimum absolute atomic E-state index is 0.0479. The van der Waals surface area contributed by atoms with Crippen molar-refractivity contribution >= 4 is 26.1 Å². The van der Waals surface area contributed by atoms with Gasteiger partial charge in [0.15, 0.2) is 0 Å². The molecule has 2 aromatic carbocycles. The topological polar surface area (TPSA) is 133 Å². The summed E-state index contributed by atoms with van der Waals surface area (Å²) in [6.45, 7) is 0.289. The van der Waals surface area contributed by atoms with E-state index in [0.29, 0.717) is 11.1 Å². The molecule has 0 aliphatic heterocycles. The second-order valence-corrected chi connectivity index (χ2v) is 10.1. The van der Waals surface area contributed by atoms with E-state index in [0.717, 1.165) is 0 Å². The number of sulfonamides is 2. The first-order chi connectivity index (χ1) is 14.3. The van der Waals surface area contributed by atoms with Crippen LogP contribution in [-0.2, 0) is 31.6 Å². The van der Waals surface area contributed by atoms with Gasteiger partial charge in [-0.1, -0.05) is 60.7 Å². The fourth-order valence-electron chi connectivity index (χ4n) is 2.52. The summed E-state index contributed by atoms with van der Waals surface area (Å²) >= 11 is 0. The molecule has 0 spiro atoms. The van der Waals surface area contributed by atoms with Gasteiger partial charge in [-0.05, 0) is 11.1 Å². The van der Waals surface area contributed by atoms with Crippen LogP contribution in [0.2, 0.25) is 0 Å². The molecule has 0 aliphatic carbocycles. The summed E-state index contributed by atoms with van der Waals surface area (Å²) in [6, 6.07) is 17.0. The van der Waals surface area contributed by atoms with Crippen LogP contribution >= 0.6 is 0 Å². The van der Waals surface area contributed by atoms with E-state index in [4.69, 9.17) is 0 Å². The largest absolute Gasteiger partial charge is 0.337 e. The van der Waals surface area contributed by atoms with Crippen molar-refractivity contribution in [2.75, 3.05) is 26.2 Å². The molecule has 2 rings (SSSR count). The van der Waals surface area contributed by atoms with E-state index in [1.54, 1.807) is 60.7 Å². The molecule has 30 heavy (non-hydrogen) atoms. The van der Waals surface area contributed by atoms with Gasteiger partial charge in [0.25, 0.3) is 0 Å². The van der Waals surface area contributed by atoms with Crippen LogP contribution < -0.4 is 20.1 Å². The molecule has 0 saturated heterocycles. The molecule has 4 N–H and O–H groups in total. The normalized spacial score (nSPS) is 11.7. The Morgan fingerprint density at radius 2 is 0.967 bits per heavy atom. The predicted molar refractivity (Wildman–Crippen MR) is 116 cm³/mol. The van der Waals surface area contributed by atoms with Crippen molar-refractivity contribution in [2.24, 2.45) is 0 Å². The number of carbonyl (C=O) groups is 1. The zero-order chi connectivity index (χ0) is 21.9. The van der Waals surface area contributed by atoms with Gasteiger partial charge in [-0.25, -0.2) is 31.1 Å². The standard InChI is InChI=1S/C19H26N4O5S2/c24-19(20-11-13-22-29(25,26)15-17-7-3-1-4-8-17)21-12-14-23-30(27,28)16-18-9-5-2-6-10-18/h1-10,22-23H,11-16H2,(H2,20,21,24). The summed E-state index contributed by atoms with van der Waals surface area (Å²) in [5.41, 5.74) is 1.34. The Balaban J connectivity index is 1.58. The number of amides is 2. The number of hydrogen-bond acceptors (Lipinski definition) is 5. The van der Waals surface area contributed by atoms with Gasteiger partial charge in [0.2, 0.25) is 20.0 Å². The van der Waals surface area contributed by atoms with E-state index >= 15 is 0 Å². The third-order valence-corrected chi connectivity index (χ3v) is 6.58. The predicted octanol–water partition coefficient (Wildman–Crippen LogP) is 0.525. The van der Waals surface area contributed by atoms with Crippen molar-refractivity contribution in [1.29, 1.82) is 0 Å². The highest BCUT2D eigenvalue weighted by Gasteiger charge is 2.12. The third-order valence-electron chi connectivity index (χ3n) is 3.86. The van der Waals surface area contributed by atoms with Crippen LogP contribution in [0.5, 0.6) is 0 Å². The number of nitrogens with one attached hydrogen (secondary N) is 4. The summed E-state index contributed by atoms with van der Waals surface area (Å²) in [5.74, 6) is -0.272. The van der Waals surface area contributed by atoms with Crippen molar-refractivity contribution in [1.82, 2.24) is 20.1 Å². The lowest BCUT2D eigenvalue weighted by atomic mass is 10.2. The lowest BCUT2D eigenvalue weighted by molar-refractivity contribution is 0.241. The Hall–Kier alpha value is -2.47. The molecule has 9 nitrogen and oxygen atoms in total. The Kier molecular flexibility index (Phi) is 9.24. The van der Waals surface area contributed by atoms with Crippen LogP contribution in [-0.4, -0.2) is 49.0 Å². The maximum absolute atomic E-state index is 12.0. The maximum Gasteiger partial charge on any atom is 0.314 e. The van der Waals surface area contributed by atoms with Gasteiger partial charge in [0.05, 0.1) is 11.5 Å². The first-order valence-corrected chi connectivity index (χ1v) is 12.6. The first-order valence-electron chi connectivity index (χ1n) is 9.30. The molecule has 0 fully saturated rings. The zero-order valence-electron chi connectivity index (χ0n) is 16.4. The second kappa shape index (κ2) is 11.6. The summed E-state index contributed by atoms with van der Waals surface area (Å²) in [5, 5.41) is 5.00. The summed E-state index contributed by atoms with van der Waals surface area (Å²) in [7, 11) is -6.99. The van der Waals surface area contributed by atoms with E-state index < -0.39 is 26.1 Å². The fraction of sp³-hybridized carbons (Fsp3) is 0.316. The molecule has 0 bridgehead atoms. The molecule has 0 aliphatic rings. The van der Waals surface area contributed by atoms with E-state index in [-0.39, 0.29) is 37.7 Å². The van der Waals surface area contributed by atoms with Crippen molar-refractivity contribution in [3.63, 3.8) is 0 Å². The monoisotopic (exact) mass is 454 g/mol. The number of benzene rings is 2. The highest BCUT2D eigenvalue weighted by atomic mass is 32.2. The third kappa shape index (κ3) is 9.83. The van der Waals surface area contributed by atoms with Crippen LogP contribution in [0.25, 0.3) is 0 Å². The summed E-state index contributed by atoms with van der Waals surface area (Å²) < 4.78 is 52.7. The molecule has 164 valence electrons. The molecule has 0 aromatic heterocycles. The minimum Gasteiger partial charge on any atom is -0.337 e. The molecule has 11 heteroatoms. The molecular weight excluding hydrogens is 428 g/mol. The molecule has 0 radical (unpaired) electrons. The van der Waals surface area contributed by atoms with Crippen molar-refractivity contribution in [3.05, 3.63) is 71.8 Å². The highest BCUT2D eigenvalue weighted by Crippen LogP contribution is 2.04. The molecule has 0 heterocycles. The lowest BCUT2D eigenvalue weighted by Crippen LogP contribution is -2.43. The van der Waals surface area contributed by atoms with Crippen LogP contribution in [0.4, 0.5) is 4.79 Å². The highest BCUT2D eigenvalue weighted by molar-refractivity contribution is 7.88. The molecule has 0 saturated carbocycles. The van der Waals surface area contributed by atoms with E-state index in [1.165, 1.54) is 0 Å². The Labute approximate surface area is 177 Å². The van der Waals surface area contributed by atoms with Gasteiger partial charge < -0.3 is 10.6 Å². The number of hydrogen-bond donors (Lipinski definition) is 4. The van der Waals surface area contributed by atoms with Gasteiger partial charge in [-0.3, -0.25) is 0 Å². The quantitative estimate of drug-likeness (QED) is 0.347. The lowest BCUT2D eigenvalue weighted by Gasteiger charge is -2.10. The number of carbonyl (C=O) groups excluding carboxylic acids is 1. The minimum atomic E-state index is -3.49. The second-order valence-electron chi connectivity index (χ2n) is 6.46. The van der Waals surface area contributed by atoms with E-state index in [1.807, 2.05) is 0 Å².